The number of hydrogen-bond acceptors (Lipinski definition) is 5. The van der Waals surface area contributed by atoms with Gasteiger partial charge in [0.15, 0.2) is 11.5 Å². The van der Waals surface area contributed by atoms with E-state index in [1.807, 2.05) is 0 Å². The van der Waals surface area contributed by atoms with Gasteiger partial charge in [-0.2, -0.15) is 0 Å². The van der Waals surface area contributed by atoms with E-state index in [4.69, 9.17) is 21.1 Å². The minimum atomic E-state index is -0.498. The average molecular weight is 390 g/mol. The summed E-state index contributed by atoms with van der Waals surface area (Å²) in [6.45, 7) is 0.201. The molecule has 0 bridgehead atoms. The predicted molar refractivity (Wildman–Crippen MR) is 96.6 cm³/mol. The van der Waals surface area contributed by atoms with Gasteiger partial charge in [0.25, 0.3) is 11.8 Å². The van der Waals surface area contributed by atoms with Crippen LogP contribution in [0.25, 0.3) is 0 Å². The Morgan fingerprint density at radius 3 is 2.56 bits per heavy atom. The molecule has 3 amide bonds. The van der Waals surface area contributed by atoms with Crippen molar-refractivity contribution in [1.29, 1.82) is 0 Å². The van der Waals surface area contributed by atoms with Crippen molar-refractivity contribution in [2.75, 3.05) is 13.3 Å². The summed E-state index contributed by atoms with van der Waals surface area (Å²) in [4.78, 5) is 35.8. The van der Waals surface area contributed by atoms with E-state index in [9.17, 15) is 14.4 Å². The Morgan fingerprint density at radius 2 is 1.74 bits per heavy atom. The first-order valence-electron chi connectivity index (χ1n) is 8.06. The van der Waals surface area contributed by atoms with E-state index in [0.717, 1.165) is 0 Å². The van der Waals surface area contributed by atoms with E-state index in [0.29, 0.717) is 27.6 Å². The van der Waals surface area contributed by atoms with Crippen molar-refractivity contribution < 1.29 is 23.9 Å². The second kappa shape index (κ2) is 8.41. The quantitative estimate of drug-likeness (QED) is 0.674. The lowest BCUT2D eigenvalue weighted by Crippen LogP contribution is -2.42. The lowest BCUT2D eigenvalue weighted by atomic mass is 10.2. The van der Waals surface area contributed by atoms with Gasteiger partial charge in [-0.1, -0.05) is 23.7 Å². The van der Waals surface area contributed by atoms with Crippen LogP contribution in [0.3, 0.4) is 0 Å². The van der Waals surface area contributed by atoms with Gasteiger partial charge < -0.3 is 14.8 Å². The second-order valence-corrected chi connectivity index (χ2v) is 5.96. The number of rotatable bonds is 5. The first-order valence-corrected chi connectivity index (χ1v) is 8.44. The molecule has 0 unspecified atom stereocenters. The molecule has 1 heterocycles. The van der Waals surface area contributed by atoms with Crippen LogP contribution >= 0.6 is 11.6 Å². The average Bonchev–Trinajstić information content (AvgIpc) is 3.14. The number of ether oxygens (including phenoxy) is 2. The van der Waals surface area contributed by atoms with Gasteiger partial charge in [0, 0.05) is 18.5 Å². The molecular formula is C18H16ClN3O5. The number of benzene rings is 2. The molecule has 0 aliphatic carbocycles. The van der Waals surface area contributed by atoms with Crippen molar-refractivity contribution in [3.05, 3.63) is 58.6 Å². The third-order valence-electron chi connectivity index (χ3n) is 3.71. The van der Waals surface area contributed by atoms with Crippen LogP contribution in [0.1, 0.15) is 27.1 Å². The molecule has 2 aromatic carbocycles. The SMILES string of the molecule is O=C(CCNC(=O)c1ccccc1Cl)NNC(=O)c1ccc2c(c1)OCO2. The number of nitrogens with one attached hydrogen (secondary N) is 3. The number of halogens is 1. The van der Waals surface area contributed by atoms with E-state index in [1.165, 1.54) is 6.07 Å². The van der Waals surface area contributed by atoms with Crippen molar-refractivity contribution in [1.82, 2.24) is 16.2 Å². The summed E-state index contributed by atoms with van der Waals surface area (Å²) in [5.41, 5.74) is 5.23. The summed E-state index contributed by atoms with van der Waals surface area (Å²) in [5, 5.41) is 2.92. The monoisotopic (exact) mass is 389 g/mol. The number of amides is 3. The molecular weight excluding hydrogens is 374 g/mol. The Labute approximate surface area is 159 Å². The maximum absolute atomic E-state index is 12.0. The molecule has 1 aliphatic rings. The Balaban J connectivity index is 1.41. The summed E-state index contributed by atoms with van der Waals surface area (Å²) >= 11 is 5.93. The van der Waals surface area contributed by atoms with Crippen LogP contribution in [0, 0.1) is 0 Å². The molecule has 3 rings (SSSR count). The van der Waals surface area contributed by atoms with Gasteiger partial charge in [0.2, 0.25) is 12.7 Å². The Kier molecular flexibility index (Phi) is 5.77. The van der Waals surface area contributed by atoms with Crippen molar-refractivity contribution in [3.8, 4) is 11.5 Å². The first-order chi connectivity index (χ1) is 13.0. The van der Waals surface area contributed by atoms with E-state index < -0.39 is 11.8 Å². The smallest absolute Gasteiger partial charge is 0.269 e. The molecule has 0 radical (unpaired) electrons. The van der Waals surface area contributed by atoms with Crippen molar-refractivity contribution in [2.24, 2.45) is 0 Å². The summed E-state index contributed by atoms with van der Waals surface area (Å²) in [6.07, 6.45) is -0.0163. The van der Waals surface area contributed by atoms with E-state index in [1.54, 1.807) is 36.4 Å². The normalized spacial score (nSPS) is 11.6. The molecule has 0 aromatic heterocycles. The topological polar surface area (TPSA) is 106 Å². The molecule has 2 aromatic rings. The summed E-state index contributed by atoms with van der Waals surface area (Å²) in [6, 6.07) is 11.3. The lowest BCUT2D eigenvalue weighted by molar-refractivity contribution is -0.121. The number of carbonyl (C=O) groups is 3. The molecule has 8 nitrogen and oxygen atoms in total. The van der Waals surface area contributed by atoms with E-state index >= 15 is 0 Å². The van der Waals surface area contributed by atoms with Crippen LogP contribution in [0.4, 0.5) is 0 Å². The number of hydrogen-bond donors (Lipinski definition) is 3. The van der Waals surface area contributed by atoms with Crippen LogP contribution in [-0.4, -0.2) is 31.1 Å². The number of fused-ring (bicyclic) bond motifs is 1. The van der Waals surface area contributed by atoms with Crippen molar-refractivity contribution in [3.63, 3.8) is 0 Å². The van der Waals surface area contributed by atoms with Crippen molar-refractivity contribution in [2.45, 2.75) is 6.42 Å². The largest absolute Gasteiger partial charge is 0.454 e. The van der Waals surface area contributed by atoms with Crippen LogP contribution in [-0.2, 0) is 4.79 Å². The lowest BCUT2D eigenvalue weighted by Gasteiger charge is -2.09. The van der Waals surface area contributed by atoms with Crippen LogP contribution in [0.15, 0.2) is 42.5 Å². The molecule has 0 spiro atoms. The Hall–Kier alpha value is -3.26. The molecule has 0 saturated carbocycles. The minimum absolute atomic E-state index is 0.0163. The standard InChI is InChI=1S/C18H16ClN3O5/c19-13-4-2-1-3-12(13)18(25)20-8-7-16(23)21-22-17(24)11-5-6-14-15(9-11)27-10-26-14/h1-6,9H,7-8,10H2,(H,20,25)(H,21,23)(H,22,24). The summed E-state index contributed by atoms with van der Waals surface area (Å²) < 4.78 is 10.4. The fourth-order valence-electron chi connectivity index (χ4n) is 2.33. The van der Waals surface area contributed by atoms with E-state index in [2.05, 4.69) is 16.2 Å². The molecule has 9 heteroatoms. The second-order valence-electron chi connectivity index (χ2n) is 5.56. The molecule has 0 fully saturated rings. The fourth-order valence-corrected chi connectivity index (χ4v) is 2.55. The van der Waals surface area contributed by atoms with Crippen LogP contribution in [0.2, 0.25) is 5.02 Å². The molecule has 1 aliphatic heterocycles. The van der Waals surface area contributed by atoms with Crippen LogP contribution in [0.5, 0.6) is 11.5 Å². The predicted octanol–water partition coefficient (Wildman–Crippen LogP) is 1.65. The Bertz CT molecular complexity index is 887. The molecule has 0 atom stereocenters. The zero-order chi connectivity index (χ0) is 19.2. The number of hydrazine groups is 1. The summed E-state index contributed by atoms with van der Waals surface area (Å²) in [5.74, 6) is -0.302. The van der Waals surface area contributed by atoms with Gasteiger partial charge >= 0.3 is 0 Å². The van der Waals surface area contributed by atoms with Gasteiger partial charge in [-0.3, -0.25) is 25.2 Å². The Morgan fingerprint density at radius 1 is 0.963 bits per heavy atom. The highest BCUT2D eigenvalue weighted by Crippen LogP contribution is 2.32. The van der Waals surface area contributed by atoms with Crippen LogP contribution < -0.4 is 25.6 Å². The maximum atomic E-state index is 12.0. The molecule has 0 saturated heterocycles. The molecule has 3 N–H and O–H groups in total. The minimum Gasteiger partial charge on any atom is -0.454 e. The maximum Gasteiger partial charge on any atom is 0.269 e. The number of carbonyl (C=O) groups excluding carboxylic acids is 3. The van der Waals surface area contributed by atoms with Gasteiger partial charge in [-0.15, -0.1) is 0 Å². The van der Waals surface area contributed by atoms with Gasteiger partial charge in [0.1, 0.15) is 0 Å². The third-order valence-corrected chi connectivity index (χ3v) is 4.04. The first kappa shape index (κ1) is 18.5. The highest BCUT2D eigenvalue weighted by molar-refractivity contribution is 6.33. The fraction of sp³-hybridized carbons (Fsp3) is 0.167. The highest BCUT2D eigenvalue weighted by atomic mass is 35.5. The van der Waals surface area contributed by atoms with E-state index in [-0.39, 0.29) is 25.7 Å². The molecule has 27 heavy (non-hydrogen) atoms. The molecule has 140 valence electrons. The highest BCUT2D eigenvalue weighted by Gasteiger charge is 2.16. The zero-order valence-corrected chi connectivity index (χ0v) is 14.8. The van der Waals surface area contributed by atoms with Gasteiger partial charge in [-0.25, -0.2) is 0 Å². The third kappa shape index (κ3) is 4.68. The van der Waals surface area contributed by atoms with Gasteiger partial charge in [0.05, 0.1) is 10.6 Å². The zero-order valence-electron chi connectivity index (χ0n) is 14.1. The summed E-state index contributed by atoms with van der Waals surface area (Å²) in [7, 11) is 0. The van der Waals surface area contributed by atoms with Gasteiger partial charge in [-0.05, 0) is 30.3 Å². The van der Waals surface area contributed by atoms with Crippen molar-refractivity contribution >= 4 is 29.3 Å².